The lowest BCUT2D eigenvalue weighted by atomic mass is 10.2. The summed E-state index contributed by atoms with van der Waals surface area (Å²) in [5, 5.41) is 3.20. The highest BCUT2D eigenvalue weighted by molar-refractivity contribution is 7.88. The molecule has 0 aromatic heterocycles. The largest absolute Gasteiger partial charge is 0.315 e. The molecule has 0 spiro atoms. The Labute approximate surface area is 132 Å². The predicted octanol–water partition coefficient (Wildman–Crippen LogP) is 2.15. The lowest BCUT2D eigenvalue weighted by Gasteiger charge is -2.27. The standard InChI is InChI=1S/C14H21FN2O2S.ClH/c1-2-9-17(14-7-8-16-10-14)20(18,19)11-12-3-5-13(15)6-4-12;/h3-6,14,16H,2,7-11H2,1H3;1H. The van der Waals surface area contributed by atoms with Gasteiger partial charge >= 0.3 is 0 Å². The van der Waals surface area contributed by atoms with E-state index in [9.17, 15) is 12.8 Å². The molecule has 0 aliphatic carbocycles. The molecular formula is C14H22ClFN2O2S. The minimum absolute atomic E-state index is 0. The summed E-state index contributed by atoms with van der Waals surface area (Å²) < 4.78 is 39.6. The summed E-state index contributed by atoms with van der Waals surface area (Å²) in [7, 11) is -3.36. The second-order valence-corrected chi connectivity index (χ2v) is 7.06. The predicted molar refractivity (Wildman–Crippen MR) is 84.5 cm³/mol. The summed E-state index contributed by atoms with van der Waals surface area (Å²) in [5.74, 6) is -0.416. The lowest BCUT2D eigenvalue weighted by Crippen LogP contribution is -2.42. The molecule has 1 aromatic rings. The summed E-state index contributed by atoms with van der Waals surface area (Å²) >= 11 is 0. The molecular weight excluding hydrogens is 315 g/mol. The Morgan fingerprint density at radius 2 is 2.00 bits per heavy atom. The zero-order chi connectivity index (χ0) is 14.6. The molecule has 2 rings (SSSR count). The van der Waals surface area contributed by atoms with Crippen molar-refractivity contribution in [2.24, 2.45) is 0 Å². The number of hydrogen-bond acceptors (Lipinski definition) is 3. The average molecular weight is 337 g/mol. The van der Waals surface area contributed by atoms with Crippen LogP contribution in [-0.2, 0) is 15.8 Å². The van der Waals surface area contributed by atoms with Gasteiger partial charge in [0.1, 0.15) is 5.82 Å². The van der Waals surface area contributed by atoms with Gasteiger partial charge in [-0.2, -0.15) is 4.31 Å². The molecule has 7 heteroatoms. The van der Waals surface area contributed by atoms with Crippen LogP contribution in [0.3, 0.4) is 0 Å². The van der Waals surface area contributed by atoms with Gasteiger partial charge in [-0.15, -0.1) is 12.4 Å². The molecule has 0 radical (unpaired) electrons. The molecule has 1 aliphatic heterocycles. The lowest BCUT2D eigenvalue weighted by molar-refractivity contribution is 0.334. The summed E-state index contributed by atoms with van der Waals surface area (Å²) in [4.78, 5) is 0. The minimum atomic E-state index is -3.36. The smallest absolute Gasteiger partial charge is 0.218 e. The van der Waals surface area contributed by atoms with Gasteiger partial charge < -0.3 is 5.32 Å². The molecule has 1 fully saturated rings. The monoisotopic (exact) mass is 336 g/mol. The van der Waals surface area contributed by atoms with Gasteiger partial charge in [0.25, 0.3) is 0 Å². The van der Waals surface area contributed by atoms with Gasteiger partial charge in [0.05, 0.1) is 5.75 Å². The van der Waals surface area contributed by atoms with E-state index >= 15 is 0 Å². The summed E-state index contributed by atoms with van der Waals surface area (Å²) in [6, 6.07) is 5.70. The SMILES string of the molecule is CCCN(C1CCNC1)S(=O)(=O)Cc1ccc(F)cc1.Cl. The molecule has 1 atom stereocenters. The van der Waals surface area contributed by atoms with Crippen LogP contribution in [-0.4, -0.2) is 38.4 Å². The van der Waals surface area contributed by atoms with Crippen molar-refractivity contribution in [2.75, 3.05) is 19.6 Å². The summed E-state index contributed by atoms with van der Waals surface area (Å²) in [5.41, 5.74) is 0.624. The van der Waals surface area contributed by atoms with Crippen LogP contribution < -0.4 is 5.32 Å². The fourth-order valence-electron chi connectivity index (χ4n) is 2.53. The zero-order valence-corrected chi connectivity index (χ0v) is 13.7. The number of nitrogens with one attached hydrogen (secondary N) is 1. The first-order valence-electron chi connectivity index (χ1n) is 6.97. The molecule has 1 aliphatic rings. The fourth-order valence-corrected chi connectivity index (χ4v) is 4.40. The van der Waals surface area contributed by atoms with E-state index < -0.39 is 10.0 Å². The van der Waals surface area contributed by atoms with Gasteiger partial charge in [-0.25, -0.2) is 12.8 Å². The topological polar surface area (TPSA) is 49.4 Å². The fraction of sp³-hybridized carbons (Fsp3) is 0.571. The van der Waals surface area contributed by atoms with Crippen LogP contribution in [0.4, 0.5) is 4.39 Å². The average Bonchev–Trinajstić information content (AvgIpc) is 2.92. The van der Waals surface area contributed by atoms with Crippen LogP contribution in [0, 0.1) is 5.82 Å². The van der Waals surface area contributed by atoms with E-state index in [1.807, 2.05) is 6.92 Å². The number of halogens is 2. The Bertz CT molecular complexity index is 530. The molecule has 1 saturated heterocycles. The quantitative estimate of drug-likeness (QED) is 0.866. The van der Waals surface area contributed by atoms with E-state index in [0.29, 0.717) is 18.7 Å². The molecule has 0 amide bonds. The highest BCUT2D eigenvalue weighted by atomic mass is 35.5. The van der Waals surface area contributed by atoms with Crippen molar-refractivity contribution in [2.45, 2.75) is 31.6 Å². The van der Waals surface area contributed by atoms with Crippen LogP contribution in [0.15, 0.2) is 24.3 Å². The first-order chi connectivity index (χ1) is 9.53. The van der Waals surface area contributed by atoms with Crippen molar-refractivity contribution in [3.63, 3.8) is 0 Å². The molecule has 1 N–H and O–H groups in total. The zero-order valence-electron chi connectivity index (χ0n) is 12.1. The summed E-state index contributed by atoms with van der Waals surface area (Å²) in [6.45, 7) is 4.08. The molecule has 1 aromatic carbocycles. The van der Waals surface area contributed by atoms with Gasteiger partial charge in [-0.3, -0.25) is 0 Å². The number of rotatable bonds is 6. The van der Waals surface area contributed by atoms with Crippen LogP contribution in [0.1, 0.15) is 25.3 Å². The van der Waals surface area contributed by atoms with Crippen LogP contribution in [0.5, 0.6) is 0 Å². The van der Waals surface area contributed by atoms with Crippen molar-refractivity contribution in [3.05, 3.63) is 35.6 Å². The molecule has 1 unspecified atom stereocenters. The molecule has 1 heterocycles. The van der Waals surface area contributed by atoms with E-state index in [1.165, 1.54) is 24.3 Å². The van der Waals surface area contributed by atoms with E-state index in [1.54, 1.807) is 4.31 Å². The summed E-state index contributed by atoms with van der Waals surface area (Å²) in [6.07, 6.45) is 1.64. The Hall–Kier alpha value is -0.690. The van der Waals surface area contributed by atoms with Crippen molar-refractivity contribution in [1.82, 2.24) is 9.62 Å². The van der Waals surface area contributed by atoms with Crippen molar-refractivity contribution < 1.29 is 12.8 Å². The van der Waals surface area contributed by atoms with Gasteiger partial charge in [0.2, 0.25) is 10.0 Å². The van der Waals surface area contributed by atoms with Crippen LogP contribution in [0.25, 0.3) is 0 Å². The Kier molecular flexibility index (Phi) is 7.06. The van der Waals surface area contributed by atoms with Crippen molar-refractivity contribution in [1.29, 1.82) is 0 Å². The first-order valence-corrected chi connectivity index (χ1v) is 8.58. The number of sulfonamides is 1. The van der Waals surface area contributed by atoms with Crippen molar-refractivity contribution >= 4 is 22.4 Å². The van der Waals surface area contributed by atoms with Gasteiger partial charge in [-0.1, -0.05) is 19.1 Å². The third kappa shape index (κ3) is 4.92. The van der Waals surface area contributed by atoms with Crippen LogP contribution in [0.2, 0.25) is 0 Å². The minimum Gasteiger partial charge on any atom is -0.315 e. The second-order valence-electron chi connectivity index (χ2n) is 5.14. The molecule has 21 heavy (non-hydrogen) atoms. The molecule has 120 valence electrons. The molecule has 0 bridgehead atoms. The van der Waals surface area contributed by atoms with E-state index in [4.69, 9.17) is 0 Å². The molecule has 0 saturated carbocycles. The second kappa shape index (κ2) is 8.08. The van der Waals surface area contributed by atoms with Gasteiger partial charge in [0, 0.05) is 19.1 Å². The first kappa shape index (κ1) is 18.4. The van der Waals surface area contributed by atoms with Crippen molar-refractivity contribution in [3.8, 4) is 0 Å². The maximum absolute atomic E-state index is 12.9. The maximum atomic E-state index is 12.9. The van der Waals surface area contributed by atoms with Gasteiger partial charge in [-0.05, 0) is 37.1 Å². The Morgan fingerprint density at radius 1 is 1.33 bits per heavy atom. The molecule has 4 nitrogen and oxygen atoms in total. The van der Waals surface area contributed by atoms with E-state index in [0.717, 1.165) is 19.4 Å². The number of nitrogens with zero attached hydrogens (tertiary/aromatic N) is 1. The Morgan fingerprint density at radius 3 is 2.52 bits per heavy atom. The maximum Gasteiger partial charge on any atom is 0.218 e. The number of benzene rings is 1. The van der Waals surface area contributed by atoms with E-state index in [-0.39, 0.29) is 30.0 Å². The third-order valence-electron chi connectivity index (χ3n) is 3.51. The highest BCUT2D eigenvalue weighted by Gasteiger charge is 2.31. The normalized spacial score (nSPS) is 18.7. The highest BCUT2D eigenvalue weighted by Crippen LogP contribution is 2.18. The third-order valence-corrected chi connectivity index (χ3v) is 5.40. The van der Waals surface area contributed by atoms with E-state index in [2.05, 4.69) is 5.32 Å². The van der Waals surface area contributed by atoms with Gasteiger partial charge in [0.15, 0.2) is 0 Å². The number of hydrogen-bond donors (Lipinski definition) is 1. The van der Waals surface area contributed by atoms with Crippen LogP contribution >= 0.6 is 12.4 Å². The Balaban J connectivity index is 0.00000220.